The van der Waals surface area contributed by atoms with Crippen LogP contribution in [0.3, 0.4) is 0 Å². The number of methoxy groups -OCH3 is 1. The second-order valence-electron chi connectivity index (χ2n) is 5.22. The van der Waals surface area contributed by atoms with Gasteiger partial charge in [0.05, 0.1) is 13.5 Å². The number of benzene rings is 1. The van der Waals surface area contributed by atoms with E-state index in [1.807, 2.05) is 19.9 Å². The van der Waals surface area contributed by atoms with Crippen LogP contribution < -0.4 is 20.2 Å². The van der Waals surface area contributed by atoms with Gasteiger partial charge < -0.3 is 14.8 Å². The van der Waals surface area contributed by atoms with Crippen molar-refractivity contribution < 1.29 is 19.1 Å². The number of hydrazone groups is 1. The summed E-state index contributed by atoms with van der Waals surface area (Å²) in [5.41, 5.74) is 2.86. The zero-order valence-electron chi connectivity index (χ0n) is 13.9. The number of nitrogens with one attached hydrogen (secondary N) is 2. The van der Waals surface area contributed by atoms with Crippen LogP contribution in [0.25, 0.3) is 0 Å². The highest BCUT2D eigenvalue weighted by Gasteiger charge is 2.08. The number of ether oxygens (including phenoxy) is 2. The molecule has 0 unspecified atom stereocenters. The highest BCUT2D eigenvalue weighted by molar-refractivity contribution is 6.00. The van der Waals surface area contributed by atoms with Gasteiger partial charge in [-0.25, -0.2) is 5.43 Å². The summed E-state index contributed by atoms with van der Waals surface area (Å²) >= 11 is 0. The lowest BCUT2D eigenvalue weighted by molar-refractivity contribution is -0.123. The van der Waals surface area contributed by atoms with Gasteiger partial charge in [0.25, 0.3) is 5.91 Å². The number of amides is 2. The van der Waals surface area contributed by atoms with Crippen molar-refractivity contribution >= 4 is 17.5 Å². The molecule has 0 aliphatic rings. The Labute approximate surface area is 136 Å². The third-order valence-electron chi connectivity index (χ3n) is 2.67. The van der Waals surface area contributed by atoms with Crippen molar-refractivity contribution in [2.75, 3.05) is 13.7 Å². The molecule has 0 aliphatic heterocycles. The molecule has 2 amide bonds. The van der Waals surface area contributed by atoms with E-state index in [2.05, 4.69) is 15.8 Å². The predicted molar refractivity (Wildman–Crippen MR) is 87.6 cm³/mol. The summed E-state index contributed by atoms with van der Waals surface area (Å²) in [6.45, 7) is 5.22. The first-order chi connectivity index (χ1) is 10.9. The average Bonchev–Trinajstić information content (AvgIpc) is 2.50. The minimum atomic E-state index is -0.417. The molecule has 0 atom stereocenters. The Bertz CT molecular complexity index is 570. The molecular formula is C16H23N3O4. The fraction of sp³-hybridized carbons (Fsp3) is 0.438. The van der Waals surface area contributed by atoms with Crippen molar-refractivity contribution in [2.24, 2.45) is 5.10 Å². The third-order valence-corrected chi connectivity index (χ3v) is 2.67. The highest BCUT2D eigenvalue weighted by Crippen LogP contribution is 2.25. The molecule has 1 aromatic rings. The van der Waals surface area contributed by atoms with Crippen molar-refractivity contribution in [1.29, 1.82) is 0 Å². The van der Waals surface area contributed by atoms with E-state index in [0.29, 0.717) is 17.2 Å². The van der Waals surface area contributed by atoms with Gasteiger partial charge >= 0.3 is 0 Å². The maximum Gasteiger partial charge on any atom is 0.277 e. The smallest absolute Gasteiger partial charge is 0.277 e. The van der Waals surface area contributed by atoms with Crippen molar-refractivity contribution in [2.45, 2.75) is 33.2 Å². The molecule has 126 valence electrons. The third kappa shape index (κ3) is 7.30. The van der Waals surface area contributed by atoms with E-state index in [0.717, 1.165) is 0 Å². The van der Waals surface area contributed by atoms with Gasteiger partial charge in [0.1, 0.15) is 0 Å². The molecule has 0 saturated carbocycles. The largest absolute Gasteiger partial charge is 0.493 e. The monoisotopic (exact) mass is 321 g/mol. The van der Waals surface area contributed by atoms with Gasteiger partial charge in [-0.05, 0) is 32.9 Å². The van der Waals surface area contributed by atoms with Crippen molar-refractivity contribution in [3.8, 4) is 11.5 Å². The zero-order chi connectivity index (χ0) is 17.2. The summed E-state index contributed by atoms with van der Waals surface area (Å²) in [6, 6.07) is 7.10. The number of para-hydroxylation sites is 2. The summed E-state index contributed by atoms with van der Waals surface area (Å²) in [6.07, 6.45) is 0.131. The summed E-state index contributed by atoms with van der Waals surface area (Å²) in [5, 5.41) is 6.62. The lowest BCUT2D eigenvalue weighted by Crippen LogP contribution is -2.32. The molecule has 0 aliphatic carbocycles. The SMILES string of the molecule is COc1ccccc1OCC(=O)N/N=C(\C)CC(=O)NC(C)C. The molecule has 1 rings (SSSR count). The van der Waals surface area contributed by atoms with E-state index >= 15 is 0 Å². The Kier molecular flexibility index (Phi) is 7.59. The molecule has 0 bridgehead atoms. The zero-order valence-corrected chi connectivity index (χ0v) is 13.9. The van der Waals surface area contributed by atoms with Crippen LogP contribution >= 0.6 is 0 Å². The van der Waals surface area contributed by atoms with E-state index in [4.69, 9.17) is 9.47 Å². The number of nitrogens with zero attached hydrogens (tertiary/aromatic N) is 1. The van der Waals surface area contributed by atoms with Crippen LogP contribution in [0.15, 0.2) is 29.4 Å². The summed E-state index contributed by atoms with van der Waals surface area (Å²) < 4.78 is 10.5. The fourth-order valence-electron chi connectivity index (χ4n) is 1.72. The fourth-order valence-corrected chi connectivity index (χ4v) is 1.72. The number of hydrogen-bond donors (Lipinski definition) is 2. The number of carbonyl (C=O) groups excluding carboxylic acids is 2. The van der Waals surface area contributed by atoms with Gasteiger partial charge in [0.2, 0.25) is 5.91 Å². The first kappa shape index (κ1) is 18.5. The molecule has 7 nitrogen and oxygen atoms in total. The molecule has 1 aromatic carbocycles. The van der Waals surface area contributed by atoms with E-state index in [-0.39, 0.29) is 25.0 Å². The molecule has 0 spiro atoms. The number of rotatable bonds is 8. The molecule has 0 fully saturated rings. The molecule has 2 N–H and O–H groups in total. The average molecular weight is 321 g/mol. The van der Waals surface area contributed by atoms with Gasteiger partial charge in [-0.3, -0.25) is 9.59 Å². The predicted octanol–water partition coefficient (Wildman–Crippen LogP) is 1.48. The van der Waals surface area contributed by atoms with E-state index in [9.17, 15) is 9.59 Å². The first-order valence-corrected chi connectivity index (χ1v) is 7.29. The minimum absolute atomic E-state index is 0.0687. The Morgan fingerprint density at radius 1 is 1.17 bits per heavy atom. The van der Waals surface area contributed by atoms with Gasteiger partial charge in [-0.15, -0.1) is 0 Å². The van der Waals surface area contributed by atoms with Gasteiger partial charge in [0.15, 0.2) is 18.1 Å². The van der Waals surface area contributed by atoms with Crippen LogP contribution in [-0.2, 0) is 9.59 Å². The molecule has 7 heteroatoms. The van der Waals surface area contributed by atoms with Crippen molar-refractivity contribution in [1.82, 2.24) is 10.7 Å². The Morgan fingerprint density at radius 2 is 1.83 bits per heavy atom. The lowest BCUT2D eigenvalue weighted by atomic mass is 10.2. The van der Waals surface area contributed by atoms with E-state index < -0.39 is 5.91 Å². The second kappa shape index (κ2) is 9.45. The summed E-state index contributed by atoms with van der Waals surface area (Å²) in [4.78, 5) is 23.2. The molecule has 0 aromatic heterocycles. The van der Waals surface area contributed by atoms with Crippen LogP contribution in [-0.4, -0.2) is 37.3 Å². The Balaban J connectivity index is 2.41. The van der Waals surface area contributed by atoms with Crippen LogP contribution in [0.1, 0.15) is 27.2 Å². The maximum absolute atomic E-state index is 11.7. The van der Waals surface area contributed by atoms with Crippen molar-refractivity contribution in [3.63, 3.8) is 0 Å². The van der Waals surface area contributed by atoms with Gasteiger partial charge in [-0.2, -0.15) is 5.10 Å². The Hall–Kier alpha value is -2.57. The molecule has 0 saturated heterocycles. The highest BCUT2D eigenvalue weighted by atomic mass is 16.5. The van der Waals surface area contributed by atoms with Crippen LogP contribution in [0.4, 0.5) is 0 Å². The van der Waals surface area contributed by atoms with Crippen LogP contribution in [0.2, 0.25) is 0 Å². The second-order valence-corrected chi connectivity index (χ2v) is 5.22. The number of carbonyl (C=O) groups is 2. The minimum Gasteiger partial charge on any atom is -0.493 e. The first-order valence-electron chi connectivity index (χ1n) is 7.29. The van der Waals surface area contributed by atoms with E-state index in [1.165, 1.54) is 7.11 Å². The molecule has 0 radical (unpaired) electrons. The lowest BCUT2D eigenvalue weighted by Gasteiger charge is -2.10. The number of hydrogen-bond acceptors (Lipinski definition) is 5. The standard InChI is InChI=1S/C16H23N3O4/c1-11(2)17-15(20)9-12(3)18-19-16(21)10-23-14-8-6-5-7-13(14)22-4/h5-8,11H,9-10H2,1-4H3,(H,17,20)(H,19,21)/b18-12+. The van der Waals surface area contributed by atoms with Gasteiger partial charge in [0, 0.05) is 11.8 Å². The molecule has 23 heavy (non-hydrogen) atoms. The van der Waals surface area contributed by atoms with Crippen LogP contribution in [0, 0.1) is 0 Å². The summed E-state index contributed by atoms with van der Waals surface area (Å²) in [5.74, 6) is 0.466. The maximum atomic E-state index is 11.7. The van der Waals surface area contributed by atoms with E-state index in [1.54, 1.807) is 25.1 Å². The van der Waals surface area contributed by atoms with Gasteiger partial charge in [-0.1, -0.05) is 12.1 Å². The normalized spacial score (nSPS) is 11.1. The summed E-state index contributed by atoms with van der Waals surface area (Å²) in [7, 11) is 1.53. The molecular weight excluding hydrogens is 298 g/mol. The van der Waals surface area contributed by atoms with Crippen molar-refractivity contribution in [3.05, 3.63) is 24.3 Å². The van der Waals surface area contributed by atoms with Crippen LogP contribution in [0.5, 0.6) is 11.5 Å². The topological polar surface area (TPSA) is 89.0 Å². The quantitative estimate of drug-likeness (QED) is 0.561. The Morgan fingerprint density at radius 3 is 2.43 bits per heavy atom. The molecule has 0 heterocycles.